The van der Waals surface area contributed by atoms with Gasteiger partial charge in [0.2, 0.25) is 5.91 Å². The van der Waals surface area contributed by atoms with Crippen LogP contribution in [0.15, 0.2) is 76.2 Å². The van der Waals surface area contributed by atoms with Crippen LogP contribution < -0.4 is 0 Å². The van der Waals surface area contributed by atoms with Gasteiger partial charge in [0.05, 0.1) is 18.1 Å². The molecule has 2 aliphatic rings. The average Bonchev–Trinajstić information content (AvgIpc) is 3.02. The number of β-lactam (4-membered cyclic amide) rings is 1. The fourth-order valence-electron chi connectivity index (χ4n) is 3.99. The highest BCUT2D eigenvalue weighted by Crippen LogP contribution is 2.49. The topological polar surface area (TPSA) is 77.8 Å². The molecule has 3 unspecified atom stereocenters. The molecule has 1 amide bonds. The van der Waals surface area contributed by atoms with Crippen LogP contribution in [-0.2, 0) is 16.0 Å². The largest absolute Gasteiger partial charge is 0.477 e. The highest BCUT2D eigenvalue weighted by Gasteiger charge is 2.57. The Bertz CT molecular complexity index is 913. The van der Waals surface area contributed by atoms with Crippen LogP contribution in [0.4, 0.5) is 0 Å². The van der Waals surface area contributed by atoms with Crippen molar-refractivity contribution in [2.45, 2.75) is 36.3 Å². The number of carbonyl (C=O) groups is 2. The number of carbonyl (C=O) groups excluding carboxylic acids is 1. The Balaban J connectivity index is 1.46. The number of fused-ring (bicyclic) bond motifs is 1. The summed E-state index contributed by atoms with van der Waals surface area (Å²) < 4.78 is 0. The molecule has 0 bridgehead atoms. The smallest absolute Gasteiger partial charge is 0.353 e. The summed E-state index contributed by atoms with van der Waals surface area (Å²) in [4.78, 5) is 27.4. The van der Waals surface area contributed by atoms with Crippen LogP contribution in [-0.4, -0.2) is 39.1 Å². The van der Waals surface area contributed by atoms with E-state index in [9.17, 15) is 19.8 Å². The summed E-state index contributed by atoms with van der Waals surface area (Å²) in [6.07, 6.45) is 0.863. The Morgan fingerprint density at radius 2 is 1.75 bits per heavy atom. The van der Waals surface area contributed by atoms with Gasteiger partial charge in [0.1, 0.15) is 5.70 Å². The lowest BCUT2D eigenvalue weighted by Gasteiger charge is -2.45. The maximum atomic E-state index is 12.7. The first-order valence-electron chi connectivity index (χ1n) is 9.30. The molecule has 28 heavy (non-hydrogen) atoms. The molecule has 2 heterocycles. The van der Waals surface area contributed by atoms with Gasteiger partial charge in [-0.3, -0.25) is 4.79 Å². The number of carboxylic acids is 1. The minimum atomic E-state index is -1.09. The molecule has 6 heteroatoms. The maximum absolute atomic E-state index is 12.7. The van der Waals surface area contributed by atoms with Gasteiger partial charge >= 0.3 is 5.97 Å². The number of carboxylic acid groups (broad SMARTS) is 1. The van der Waals surface area contributed by atoms with Crippen molar-refractivity contribution in [3.63, 3.8) is 0 Å². The summed E-state index contributed by atoms with van der Waals surface area (Å²) in [5.74, 6) is -1.91. The third-order valence-electron chi connectivity index (χ3n) is 5.34. The van der Waals surface area contributed by atoms with Gasteiger partial charge in [-0.25, -0.2) is 4.79 Å². The van der Waals surface area contributed by atoms with E-state index in [1.807, 2.05) is 60.7 Å². The number of rotatable bonds is 7. The van der Waals surface area contributed by atoms with Crippen LogP contribution in [0.2, 0.25) is 0 Å². The summed E-state index contributed by atoms with van der Waals surface area (Å²) in [5.41, 5.74) is 1.18. The van der Waals surface area contributed by atoms with Gasteiger partial charge in [0, 0.05) is 16.2 Å². The van der Waals surface area contributed by atoms with Crippen molar-refractivity contribution in [3.05, 3.63) is 76.8 Å². The van der Waals surface area contributed by atoms with Crippen LogP contribution >= 0.6 is 11.8 Å². The number of benzene rings is 2. The summed E-state index contributed by atoms with van der Waals surface area (Å²) >= 11 is 1.38. The van der Waals surface area contributed by atoms with Gasteiger partial charge in [0.25, 0.3) is 0 Å². The number of aliphatic hydroxyl groups excluding tert-OH is 1. The summed E-state index contributed by atoms with van der Waals surface area (Å²) in [6, 6.07) is 19.1. The molecule has 2 aromatic carbocycles. The predicted molar refractivity (Wildman–Crippen MR) is 106 cm³/mol. The molecule has 2 N–H and O–H groups in total. The van der Waals surface area contributed by atoms with Gasteiger partial charge in [-0.1, -0.05) is 60.3 Å². The first-order chi connectivity index (χ1) is 13.6. The first kappa shape index (κ1) is 18.8. The Labute approximate surface area is 167 Å². The average molecular weight is 395 g/mol. The third kappa shape index (κ3) is 3.45. The molecule has 1 fully saturated rings. The molecular formula is C22H21NO4S. The van der Waals surface area contributed by atoms with E-state index in [2.05, 4.69) is 0 Å². The lowest BCUT2D eigenvalue weighted by molar-refractivity contribution is -0.162. The molecule has 0 aromatic heterocycles. The maximum Gasteiger partial charge on any atom is 0.353 e. The quantitative estimate of drug-likeness (QED) is 0.704. The van der Waals surface area contributed by atoms with Crippen LogP contribution in [0.5, 0.6) is 0 Å². The van der Waals surface area contributed by atoms with E-state index in [-0.39, 0.29) is 17.6 Å². The second-order valence-electron chi connectivity index (χ2n) is 7.09. The standard InChI is InChI=1S/C22H21NO4S/c24-17(12-11-14-7-3-1-4-8-14)19-16-13-18(28-15-9-5-2-6-10-15)20(22(26)27)23(16)21(19)25/h1-10,16-17,19,24H,11-13H2,(H,26,27). The van der Waals surface area contributed by atoms with Crippen molar-refractivity contribution in [2.75, 3.05) is 0 Å². The van der Waals surface area contributed by atoms with Gasteiger partial charge in [0.15, 0.2) is 0 Å². The van der Waals surface area contributed by atoms with Gasteiger partial charge < -0.3 is 15.1 Å². The molecule has 2 aromatic rings. The highest BCUT2D eigenvalue weighted by molar-refractivity contribution is 8.03. The number of hydrogen-bond donors (Lipinski definition) is 2. The Morgan fingerprint density at radius 3 is 2.39 bits per heavy atom. The molecular weight excluding hydrogens is 374 g/mol. The lowest BCUT2D eigenvalue weighted by Crippen LogP contribution is -2.62. The van der Waals surface area contributed by atoms with Gasteiger partial charge in [-0.15, -0.1) is 0 Å². The molecule has 0 saturated carbocycles. The van der Waals surface area contributed by atoms with Crippen LogP contribution in [0, 0.1) is 5.92 Å². The monoisotopic (exact) mass is 395 g/mol. The van der Waals surface area contributed by atoms with Gasteiger partial charge in [-0.2, -0.15) is 0 Å². The van der Waals surface area contributed by atoms with Crippen LogP contribution in [0.3, 0.4) is 0 Å². The Kier molecular flexibility index (Phi) is 5.24. The Hall–Kier alpha value is -2.57. The second-order valence-corrected chi connectivity index (χ2v) is 8.26. The summed E-state index contributed by atoms with van der Waals surface area (Å²) in [7, 11) is 0. The second kappa shape index (κ2) is 7.81. The number of aryl methyl sites for hydroxylation is 1. The molecule has 0 radical (unpaired) electrons. The molecule has 0 aliphatic carbocycles. The van der Waals surface area contributed by atoms with Gasteiger partial charge in [-0.05, 0) is 30.5 Å². The van der Waals surface area contributed by atoms with Crippen molar-refractivity contribution in [2.24, 2.45) is 5.92 Å². The molecule has 0 spiro atoms. The van der Waals surface area contributed by atoms with E-state index >= 15 is 0 Å². The molecule has 1 saturated heterocycles. The fraction of sp³-hybridized carbons (Fsp3) is 0.273. The lowest BCUT2D eigenvalue weighted by atomic mass is 9.81. The number of aliphatic hydroxyl groups is 1. The van der Waals surface area contributed by atoms with E-state index in [1.54, 1.807) is 0 Å². The van der Waals surface area contributed by atoms with E-state index in [0.717, 1.165) is 10.5 Å². The van der Waals surface area contributed by atoms with Crippen LogP contribution in [0.25, 0.3) is 0 Å². The Morgan fingerprint density at radius 1 is 1.11 bits per heavy atom. The third-order valence-corrected chi connectivity index (χ3v) is 6.46. The number of hydrogen-bond acceptors (Lipinski definition) is 4. The van der Waals surface area contributed by atoms with Crippen molar-refractivity contribution in [1.29, 1.82) is 0 Å². The van der Waals surface area contributed by atoms with Crippen molar-refractivity contribution in [3.8, 4) is 0 Å². The zero-order chi connectivity index (χ0) is 19.7. The zero-order valence-corrected chi connectivity index (χ0v) is 16.0. The van der Waals surface area contributed by atoms with Crippen molar-refractivity contribution in [1.82, 2.24) is 4.90 Å². The molecule has 4 rings (SSSR count). The molecule has 144 valence electrons. The SMILES string of the molecule is O=C(O)C1=C(Sc2ccccc2)CC2C(C(O)CCc3ccccc3)C(=O)N12. The van der Waals surface area contributed by atoms with E-state index in [4.69, 9.17) is 0 Å². The normalized spacial score (nSPS) is 22.0. The van der Waals surface area contributed by atoms with Crippen LogP contribution in [0.1, 0.15) is 18.4 Å². The molecule has 3 atom stereocenters. The summed E-state index contributed by atoms with van der Waals surface area (Å²) in [6.45, 7) is 0. The summed E-state index contributed by atoms with van der Waals surface area (Å²) in [5, 5.41) is 20.3. The zero-order valence-electron chi connectivity index (χ0n) is 15.2. The van der Waals surface area contributed by atoms with E-state index < -0.39 is 18.0 Å². The van der Waals surface area contributed by atoms with E-state index in [0.29, 0.717) is 24.2 Å². The number of amides is 1. The number of nitrogens with zero attached hydrogens (tertiary/aromatic N) is 1. The number of thioether (sulfide) groups is 1. The van der Waals surface area contributed by atoms with Crippen molar-refractivity contribution >= 4 is 23.6 Å². The molecule has 2 aliphatic heterocycles. The minimum Gasteiger partial charge on any atom is -0.477 e. The first-order valence-corrected chi connectivity index (χ1v) is 10.1. The van der Waals surface area contributed by atoms with Crippen molar-refractivity contribution < 1.29 is 19.8 Å². The highest BCUT2D eigenvalue weighted by atomic mass is 32.2. The fourth-order valence-corrected chi connectivity index (χ4v) is 5.10. The minimum absolute atomic E-state index is 0.0652. The molecule has 5 nitrogen and oxygen atoms in total. The number of aliphatic carboxylic acids is 1. The van der Waals surface area contributed by atoms with E-state index in [1.165, 1.54) is 16.7 Å². The predicted octanol–water partition coefficient (Wildman–Crippen LogP) is 3.30.